The van der Waals surface area contributed by atoms with Gasteiger partial charge in [-0.1, -0.05) is 17.7 Å². The lowest BCUT2D eigenvalue weighted by Crippen LogP contribution is -2.18. The Kier molecular flexibility index (Phi) is 5.37. The SMILES string of the molecule is Cc1ccc(Cl)c(OCC(=O)OCc2nc3sc4c(c3c(=O)[nH]2)CCCC4)c1. The summed E-state index contributed by atoms with van der Waals surface area (Å²) < 4.78 is 10.6. The van der Waals surface area contributed by atoms with E-state index >= 15 is 0 Å². The molecule has 0 unspecified atom stereocenters. The molecule has 0 radical (unpaired) electrons. The van der Waals surface area contributed by atoms with Crippen LogP contribution in [0.1, 0.15) is 34.7 Å². The second kappa shape index (κ2) is 7.93. The minimum absolute atomic E-state index is 0.114. The van der Waals surface area contributed by atoms with Crippen molar-refractivity contribution in [3.63, 3.8) is 0 Å². The van der Waals surface area contributed by atoms with Crippen molar-refractivity contribution in [1.29, 1.82) is 0 Å². The quantitative estimate of drug-likeness (QED) is 0.634. The number of carbonyl (C=O) groups is 1. The van der Waals surface area contributed by atoms with Crippen LogP contribution >= 0.6 is 22.9 Å². The average Bonchev–Trinajstić information content (AvgIpc) is 3.06. The fourth-order valence-corrected chi connectivity index (χ4v) is 4.78. The summed E-state index contributed by atoms with van der Waals surface area (Å²) in [5, 5.41) is 1.11. The van der Waals surface area contributed by atoms with Crippen LogP contribution in [-0.2, 0) is 29.0 Å². The number of nitrogens with zero attached hydrogens (tertiary/aromatic N) is 1. The van der Waals surface area contributed by atoms with Crippen LogP contribution in [0, 0.1) is 6.92 Å². The first-order valence-electron chi connectivity index (χ1n) is 9.09. The Bertz CT molecular complexity index is 1110. The maximum absolute atomic E-state index is 12.5. The Morgan fingerprint density at radius 3 is 3.00 bits per heavy atom. The molecule has 0 saturated heterocycles. The Morgan fingerprint density at radius 2 is 2.14 bits per heavy atom. The molecule has 8 heteroatoms. The van der Waals surface area contributed by atoms with Crippen LogP contribution in [0.4, 0.5) is 0 Å². The molecule has 1 aromatic carbocycles. The number of rotatable bonds is 5. The summed E-state index contributed by atoms with van der Waals surface area (Å²) in [6, 6.07) is 5.32. The highest BCUT2D eigenvalue weighted by molar-refractivity contribution is 7.18. The molecule has 0 aliphatic heterocycles. The van der Waals surface area contributed by atoms with Gasteiger partial charge in [0.2, 0.25) is 0 Å². The zero-order valence-electron chi connectivity index (χ0n) is 15.3. The number of fused-ring (bicyclic) bond motifs is 3. The third kappa shape index (κ3) is 3.91. The molecular weight excluding hydrogens is 400 g/mol. The Morgan fingerprint density at radius 1 is 1.32 bits per heavy atom. The summed E-state index contributed by atoms with van der Waals surface area (Å²) in [6.45, 7) is 1.52. The predicted octanol–water partition coefficient (Wildman–Crippen LogP) is 3.95. The molecule has 2 aromatic heterocycles. The normalized spacial score (nSPS) is 13.4. The third-order valence-electron chi connectivity index (χ3n) is 4.68. The number of esters is 1. The van der Waals surface area contributed by atoms with Crippen molar-refractivity contribution in [2.45, 2.75) is 39.2 Å². The molecule has 1 aliphatic rings. The maximum Gasteiger partial charge on any atom is 0.344 e. The van der Waals surface area contributed by atoms with E-state index in [1.165, 1.54) is 4.88 Å². The number of ether oxygens (including phenoxy) is 2. The van der Waals surface area contributed by atoms with Gasteiger partial charge in [0.25, 0.3) is 5.56 Å². The van der Waals surface area contributed by atoms with E-state index in [1.54, 1.807) is 23.5 Å². The summed E-state index contributed by atoms with van der Waals surface area (Å²) in [5.74, 6) is 0.194. The van der Waals surface area contributed by atoms with Gasteiger partial charge >= 0.3 is 5.97 Å². The first kappa shape index (κ1) is 19.0. The van der Waals surface area contributed by atoms with Crippen LogP contribution in [0.25, 0.3) is 10.2 Å². The molecule has 1 aliphatic carbocycles. The van der Waals surface area contributed by atoms with Gasteiger partial charge in [-0.3, -0.25) is 4.79 Å². The summed E-state index contributed by atoms with van der Waals surface area (Å²) in [5.41, 5.74) is 1.94. The molecule has 6 nitrogen and oxygen atoms in total. The van der Waals surface area contributed by atoms with Gasteiger partial charge in [0, 0.05) is 4.88 Å². The Hall–Kier alpha value is -2.38. The molecule has 0 fully saturated rings. The summed E-state index contributed by atoms with van der Waals surface area (Å²) in [4.78, 5) is 33.6. The standard InChI is InChI=1S/C20H19ClN2O4S/c1-11-6-7-13(21)14(8-11)26-10-17(24)27-9-16-22-19(25)18-12-4-2-3-5-15(12)28-20(18)23-16/h6-8H,2-5,9-10H2,1H3,(H,22,23,25). The number of aromatic amines is 1. The molecule has 28 heavy (non-hydrogen) atoms. The first-order chi connectivity index (χ1) is 13.5. The smallest absolute Gasteiger partial charge is 0.344 e. The van der Waals surface area contributed by atoms with Gasteiger partial charge in [-0.05, 0) is 55.9 Å². The van der Waals surface area contributed by atoms with E-state index in [0.29, 0.717) is 26.8 Å². The van der Waals surface area contributed by atoms with E-state index in [0.717, 1.165) is 36.8 Å². The number of aryl methyl sites for hydroxylation is 3. The van der Waals surface area contributed by atoms with Gasteiger partial charge in [0.1, 0.15) is 23.0 Å². The lowest BCUT2D eigenvalue weighted by Gasteiger charge is -2.10. The van der Waals surface area contributed by atoms with Crippen molar-refractivity contribution in [2.24, 2.45) is 0 Å². The monoisotopic (exact) mass is 418 g/mol. The van der Waals surface area contributed by atoms with E-state index in [-0.39, 0.29) is 18.8 Å². The van der Waals surface area contributed by atoms with E-state index in [2.05, 4.69) is 9.97 Å². The van der Waals surface area contributed by atoms with Gasteiger partial charge in [0.05, 0.1) is 10.4 Å². The molecular formula is C20H19ClN2O4S. The van der Waals surface area contributed by atoms with E-state index in [4.69, 9.17) is 21.1 Å². The number of H-pyrrole nitrogens is 1. The minimum Gasteiger partial charge on any atom is -0.480 e. The number of nitrogens with one attached hydrogen (secondary N) is 1. The van der Waals surface area contributed by atoms with Crippen LogP contribution in [0.5, 0.6) is 5.75 Å². The van der Waals surface area contributed by atoms with Crippen molar-refractivity contribution in [3.8, 4) is 5.75 Å². The van der Waals surface area contributed by atoms with Crippen LogP contribution in [0.15, 0.2) is 23.0 Å². The van der Waals surface area contributed by atoms with Crippen LogP contribution < -0.4 is 10.3 Å². The molecule has 4 rings (SSSR count). The topological polar surface area (TPSA) is 81.3 Å². The number of benzene rings is 1. The second-order valence-electron chi connectivity index (χ2n) is 6.79. The molecule has 3 aromatic rings. The number of carbonyl (C=O) groups excluding carboxylic acids is 1. The molecule has 146 valence electrons. The molecule has 2 heterocycles. The van der Waals surface area contributed by atoms with Gasteiger partial charge in [-0.2, -0.15) is 0 Å². The number of thiophene rings is 1. The lowest BCUT2D eigenvalue weighted by atomic mass is 9.97. The van der Waals surface area contributed by atoms with Crippen molar-refractivity contribution < 1.29 is 14.3 Å². The number of hydrogen-bond donors (Lipinski definition) is 1. The molecule has 0 amide bonds. The molecule has 0 bridgehead atoms. The molecule has 0 spiro atoms. The highest BCUT2D eigenvalue weighted by atomic mass is 35.5. The van der Waals surface area contributed by atoms with Crippen molar-refractivity contribution in [1.82, 2.24) is 9.97 Å². The van der Waals surface area contributed by atoms with E-state index < -0.39 is 5.97 Å². The third-order valence-corrected chi connectivity index (χ3v) is 6.17. The fourth-order valence-electron chi connectivity index (χ4n) is 3.33. The number of halogens is 1. The van der Waals surface area contributed by atoms with E-state index in [1.807, 2.05) is 13.0 Å². The molecule has 0 atom stereocenters. The summed E-state index contributed by atoms with van der Waals surface area (Å²) in [7, 11) is 0. The summed E-state index contributed by atoms with van der Waals surface area (Å²) >= 11 is 7.60. The van der Waals surface area contributed by atoms with E-state index in [9.17, 15) is 9.59 Å². The Labute approximate surface area is 170 Å². The zero-order valence-corrected chi connectivity index (χ0v) is 16.9. The first-order valence-corrected chi connectivity index (χ1v) is 10.3. The average molecular weight is 419 g/mol. The highest BCUT2D eigenvalue weighted by Gasteiger charge is 2.20. The predicted molar refractivity (Wildman–Crippen MR) is 108 cm³/mol. The van der Waals surface area contributed by atoms with Crippen LogP contribution in [-0.4, -0.2) is 22.5 Å². The van der Waals surface area contributed by atoms with Gasteiger partial charge < -0.3 is 14.5 Å². The van der Waals surface area contributed by atoms with Crippen LogP contribution in [0.2, 0.25) is 5.02 Å². The van der Waals surface area contributed by atoms with Gasteiger partial charge in [0.15, 0.2) is 6.61 Å². The van der Waals surface area contributed by atoms with Crippen LogP contribution in [0.3, 0.4) is 0 Å². The minimum atomic E-state index is -0.564. The molecule has 0 saturated carbocycles. The highest BCUT2D eigenvalue weighted by Crippen LogP contribution is 2.33. The molecule has 1 N–H and O–H groups in total. The van der Waals surface area contributed by atoms with Crippen molar-refractivity contribution in [3.05, 3.63) is 55.4 Å². The number of aromatic nitrogens is 2. The maximum atomic E-state index is 12.5. The van der Waals surface area contributed by atoms with Crippen molar-refractivity contribution >= 4 is 39.1 Å². The Balaban J connectivity index is 1.42. The number of hydrogen-bond acceptors (Lipinski definition) is 6. The second-order valence-corrected chi connectivity index (χ2v) is 8.28. The summed E-state index contributed by atoms with van der Waals surface area (Å²) in [6.07, 6.45) is 4.17. The van der Waals surface area contributed by atoms with Gasteiger partial charge in [-0.25, -0.2) is 9.78 Å². The zero-order chi connectivity index (χ0) is 19.7. The van der Waals surface area contributed by atoms with Gasteiger partial charge in [-0.15, -0.1) is 11.3 Å². The lowest BCUT2D eigenvalue weighted by molar-refractivity contribution is -0.147. The fraction of sp³-hybridized carbons (Fsp3) is 0.350. The largest absolute Gasteiger partial charge is 0.480 e. The van der Waals surface area contributed by atoms with Crippen molar-refractivity contribution in [2.75, 3.05) is 6.61 Å².